The van der Waals surface area contributed by atoms with E-state index in [0.29, 0.717) is 5.75 Å². The first-order chi connectivity index (χ1) is 10.0. The first kappa shape index (κ1) is 14.8. The number of ether oxygens (including phenoxy) is 2. The molecule has 21 heavy (non-hydrogen) atoms. The highest BCUT2D eigenvalue weighted by atomic mass is 16.5. The largest absolute Gasteiger partial charge is 0.497 e. The molecular weight excluding hydrogens is 276 g/mol. The van der Waals surface area contributed by atoms with Crippen molar-refractivity contribution in [3.63, 3.8) is 0 Å². The van der Waals surface area contributed by atoms with E-state index in [-0.39, 0.29) is 6.61 Å². The van der Waals surface area contributed by atoms with E-state index < -0.39 is 29.9 Å². The van der Waals surface area contributed by atoms with E-state index in [1.165, 1.54) is 0 Å². The summed E-state index contributed by atoms with van der Waals surface area (Å²) < 4.78 is 10.2. The average molecular weight is 292 g/mol. The summed E-state index contributed by atoms with van der Waals surface area (Å²) in [4.78, 5) is 34.6. The Balaban J connectivity index is 1.94. The normalized spacial score (nSPS) is 21.2. The highest BCUT2D eigenvalue weighted by Crippen LogP contribution is 2.14. The number of nitrogens with one attached hydrogen (secondary N) is 2. The molecule has 1 fully saturated rings. The van der Waals surface area contributed by atoms with Crippen LogP contribution in [-0.4, -0.2) is 31.1 Å². The Labute approximate surface area is 121 Å². The lowest BCUT2D eigenvalue weighted by Crippen LogP contribution is -2.60. The number of carbonyl (C=O) groups excluding carboxylic acids is 3. The van der Waals surface area contributed by atoms with E-state index in [0.717, 1.165) is 5.56 Å². The molecule has 0 bridgehead atoms. The molecule has 0 aromatic heterocycles. The van der Waals surface area contributed by atoms with Gasteiger partial charge in [-0.2, -0.15) is 0 Å². The molecule has 1 aliphatic heterocycles. The lowest BCUT2D eigenvalue weighted by atomic mass is 9.99. The Morgan fingerprint density at radius 2 is 1.90 bits per heavy atom. The van der Waals surface area contributed by atoms with Gasteiger partial charge in [0.15, 0.2) is 0 Å². The number of esters is 1. The third-order valence-corrected chi connectivity index (χ3v) is 3.23. The number of hydrogen-bond acceptors (Lipinski definition) is 5. The SMILES string of the molecule is COc1ccc(COC(=O)[C@H]2NC(=O)NC(=O)[C@H]2C)cc1. The number of methoxy groups -OCH3 is 1. The zero-order chi connectivity index (χ0) is 15.4. The predicted octanol–water partition coefficient (Wildman–Crippen LogP) is 0.582. The van der Waals surface area contributed by atoms with E-state index >= 15 is 0 Å². The fourth-order valence-electron chi connectivity index (χ4n) is 1.91. The minimum Gasteiger partial charge on any atom is -0.497 e. The van der Waals surface area contributed by atoms with Crippen LogP contribution in [0, 0.1) is 5.92 Å². The van der Waals surface area contributed by atoms with Gasteiger partial charge in [0.2, 0.25) is 5.91 Å². The van der Waals surface area contributed by atoms with Crippen LogP contribution in [0.5, 0.6) is 5.75 Å². The summed E-state index contributed by atoms with van der Waals surface area (Å²) in [5, 5.41) is 4.48. The fourth-order valence-corrected chi connectivity index (χ4v) is 1.91. The van der Waals surface area contributed by atoms with Crippen LogP contribution in [0.15, 0.2) is 24.3 Å². The van der Waals surface area contributed by atoms with E-state index in [1.54, 1.807) is 38.3 Å². The molecule has 2 atom stereocenters. The molecule has 112 valence electrons. The molecule has 0 aliphatic carbocycles. The number of benzene rings is 1. The van der Waals surface area contributed by atoms with Crippen molar-refractivity contribution >= 4 is 17.9 Å². The summed E-state index contributed by atoms with van der Waals surface area (Å²) in [7, 11) is 1.56. The quantitative estimate of drug-likeness (QED) is 0.792. The van der Waals surface area contributed by atoms with E-state index in [2.05, 4.69) is 10.6 Å². The summed E-state index contributed by atoms with van der Waals surface area (Å²) in [6.07, 6.45) is 0. The van der Waals surface area contributed by atoms with Crippen molar-refractivity contribution in [3.05, 3.63) is 29.8 Å². The van der Waals surface area contributed by atoms with Gasteiger partial charge in [-0.25, -0.2) is 9.59 Å². The number of amides is 3. The highest BCUT2D eigenvalue weighted by molar-refractivity contribution is 6.02. The molecule has 1 aromatic rings. The lowest BCUT2D eigenvalue weighted by molar-refractivity contribution is -0.151. The third kappa shape index (κ3) is 3.50. The van der Waals surface area contributed by atoms with Crippen LogP contribution < -0.4 is 15.4 Å². The Morgan fingerprint density at radius 3 is 2.52 bits per heavy atom. The second kappa shape index (κ2) is 6.25. The molecule has 1 aliphatic rings. The minimum absolute atomic E-state index is 0.0591. The second-order valence-corrected chi connectivity index (χ2v) is 4.68. The first-order valence-electron chi connectivity index (χ1n) is 6.42. The van der Waals surface area contributed by atoms with Crippen LogP contribution in [0.1, 0.15) is 12.5 Å². The Hall–Kier alpha value is -2.57. The number of rotatable bonds is 4. The highest BCUT2D eigenvalue weighted by Gasteiger charge is 2.37. The molecule has 0 spiro atoms. The van der Waals surface area contributed by atoms with Crippen molar-refractivity contribution in [1.82, 2.24) is 10.6 Å². The molecule has 1 saturated heterocycles. The maximum Gasteiger partial charge on any atom is 0.329 e. The summed E-state index contributed by atoms with van der Waals surface area (Å²) in [5.41, 5.74) is 0.781. The molecule has 1 heterocycles. The summed E-state index contributed by atoms with van der Waals surface area (Å²) >= 11 is 0. The van der Waals surface area contributed by atoms with Crippen LogP contribution in [-0.2, 0) is 20.9 Å². The molecule has 7 nitrogen and oxygen atoms in total. The maximum absolute atomic E-state index is 12.0. The zero-order valence-electron chi connectivity index (χ0n) is 11.7. The number of carbonyl (C=O) groups is 3. The van der Waals surface area contributed by atoms with Gasteiger partial charge in [0.1, 0.15) is 18.4 Å². The van der Waals surface area contributed by atoms with Gasteiger partial charge in [-0.05, 0) is 17.7 Å². The molecule has 2 N–H and O–H groups in total. The van der Waals surface area contributed by atoms with Crippen molar-refractivity contribution in [2.45, 2.75) is 19.6 Å². The van der Waals surface area contributed by atoms with Gasteiger partial charge in [-0.1, -0.05) is 19.1 Å². The second-order valence-electron chi connectivity index (χ2n) is 4.68. The van der Waals surface area contributed by atoms with Gasteiger partial charge in [0.25, 0.3) is 0 Å². The minimum atomic E-state index is -0.968. The van der Waals surface area contributed by atoms with Crippen molar-refractivity contribution in [2.75, 3.05) is 7.11 Å². The first-order valence-corrected chi connectivity index (χ1v) is 6.42. The topological polar surface area (TPSA) is 93.7 Å². The molecule has 2 rings (SSSR count). The fraction of sp³-hybridized carbons (Fsp3) is 0.357. The summed E-state index contributed by atoms with van der Waals surface area (Å²) in [6.45, 7) is 1.61. The Morgan fingerprint density at radius 1 is 1.24 bits per heavy atom. The monoisotopic (exact) mass is 292 g/mol. The number of hydrogen-bond donors (Lipinski definition) is 2. The van der Waals surface area contributed by atoms with Crippen molar-refractivity contribution in [3.8, 4) is 5.75 Å². The van der Waals surface area contributed by atoms with Crippen molar-refractivity contribution < 1.29 is 23.9 Å². The smallest absolute Gasteiger partial charge is 0.329 e. The number of urea groups is 1. The van der Waals surface area contributed by atoms with Crippen molar-refractivity contribution in [1.29, 1.82) is 0 Å². The Kier molecular flexibility index (Phi) is 4.42. The van der Waals surface area contributed by atoms with Crippen LogP contribution >= 0.6 is 0 Å². The van der Waals surface area contributed by atoms with Gasteiger partial charge < -0.3 is 14.8 Å². The van der Waals surface area contributed by atoms with Crippen LogP contribution in [0.4, 0.5) is 4.79 Å². The van der Waals surface area contributed by atoms with Gasteiger partial charge in [-0.15, -0.1) is 0 Å². The number of imide groups is 1. The van der Waals surface area contributed by atoms with E-state index in [1.807, 2.05) is 0 Å². The zero-order valence-corrected chi connectivity index (χ0v) is 11.7. The molecule has 0 radical (unpaired) electrons. The average Bonchev–Trinajstić information content (AvgIpc) is 2.49. The standard InChI is InChI=1S/C14H16N2O5/c1-8-11(15-14(19)16-12(8)17)13(18)21-7-9-3-5-10(20-2)6-4-9/h3-6,8,11H,7H2,1-2H3,(H2,15,16,17,19)/t8-,11-/m0/s1. The lowest BCUT2D eigenvalue weighted by Gasteiger charge is -2.27. The summed E-state index contributed by atoms with van der Waals surface area (Å²) in [5.74, 6) is -1.10. The van der Waals surface area contributed by atoms with Crippen LogP contribution in [0.25, 0.3) is 0 Å². The Bertz CT molecular complexity index is 555. The van der Waals surface area contributed by atoms with E-state index in [4.69, 9.17) is 9.47 Å². The molecule has 3 amide bonds. The van der Waals surface area contributed by atoms with Gasteiger partial charge in [0.05, 0.1) is 13.0 Å². The maximum atomic E-state index is 12.0. The molecule has 7 heteroatoms. The van der Waals surface area contributed by atoms with Gasteiger partial charge >= 0.3 is 12.0 Å². The molecule has 0 unspecified atom stereocenters. The third-order valence-electron chi connectivity index (χ3n) is 3.23. The predicted molar refractivity (Wildman–Crippen MR) is 72.4 cm³/mol. The van der Waals surface area contributed by atoms with Crippen LogP contribution in [0.2, 0.25) is 0 Å². The molecular formula is C14H16N2O5. The van der Waals surface area contributed by atoms with E-state index in [9.17, 15) is 14.4 Å². The molecule has 0 saturated carbocycles. The molecule has 1 aromatic carbocycles. The van der Waals surface area contributed by atoms with Gasteiger partial charge in [0, 0.05) is 0 Å². The summed E-state index contributed by atoms with van der Waals surface area (Å²) in [6, 6.07) is 5.38. The van der Waals surface area contributed by atoms with Crippen LogP contribution in [0.3, 0.4) is 0 Å². The van der Waals surface area contributed by atoms with Crippen molar-refractivity contribution in [2.24, 2.45) is 5.92 Å². The van der Waals surface area contributed by atoms with Gasteiger partial charge in [-0.3, -0.25) is 10.1 Å².